The predicted molar refractivity (Wildman–Crippen MR) is 108 cm³/mol. The highest BCUT2D eigenvalue weighted by atomic mass is 35.5. The highest BCUT2D eigenvalue weighted by Gasteiger charge is 2.22. The molecule has 4 rings (SSSR count). The molecule has 5 nitrogen and oxygen atoms in total. The van der Waals surface area contributed by atoms with Crippen molar-refractivity contribution in [1.82, 2.24) is 19.8 Å². The monoisotopic (exact) mass is 398 g/mol. The van der Waals surface area contributed by atoms with E-state index in [0.717, 1.165) is 54.0 Å². The first kappa shape index (κ1) is 18.1. The van der Waals surface area contributed by atoms with Gasteiger partial charge in [-0.15, -0.1) is 11.3 Å². The highest BCUT2D eigenvalue weighted by Crippen LogP contribution is 2.24. The molecule has 3 heterocycles. The minimum absolute atomic E-state index is 0.0574. The maximum atomic E-state index is 12.5. The predicted octanol–water partition coefficient (Wildman–Crippen LogP) is 3.82. The van der Waals surface area contributed by atoms with Gasteiger partial charge in [0, 0.05) is 54.5 Å². The molecule has 7 heteroatoms. The van der Waals surface area contributed by atoms with E-state index in [4.69, 9.17) is 16.6 Å². The number of hydrogen-bond donors (Lipinski definition) is 0. The van der Waals surface area contributed by atoms with Gasteiger partial charge in [-0.1, -0.05) is 23.7 Å². The summed E-state index contributed by atoms with van der Waals surface area (Å²) in [6.07, 6.45) is 3.31. The number of rotatable bonds is 4. The number of amides is 1. The Kier molecular flexibility index (Phi) is 5.48. The maximum absolute atomic E-state index is 12.5. The highest BCUT2D eigenvalue weighted by molar-refractivity contribution is 7.09. The number of carbonyl (C=O) groups is 1. The molecule has 1 fully saturated rings. The summed E-state index contributed by atoms with van der Waals surface area (Å²) >= 11 is 7.62. The summed E-state index contributed by atoms with van der Waals surface area (Å²) in [5.74, 6) is 0.0574. The molecule has 27 heavy (non-hydrogen) atoms. The van der Waals surface area contributed by atoms with Gasteiger partial charge in [-0.2, -0.15) is 0 Å². The second kappa shape index (κ2) is 8.17. The SMILES string of the molecule is O=C(c1cccnc1)N1CCN(Cc2nc(-c3ccc(Cl)cc3)cs2)CC1. The molecule has 1 saturated heterocycles. The molecule has 0 radical (unpaired) electrons. The van der Waals surface area contributed by atoms with E-state index in [0.29, 0.717) is 5.56 Å². The van der Waals surface area contributed by atoms with Crippen LogP contribution >= 0.6 is 22.9 Å². The molecule has 3 aromatic rings. The van der Waals surface area contributed by atoms with Crippen molar-refractivity contribution in [1.29, 1.82) is 0 Å². The van der Waals surface area contributed by atoms with Gasteiger partial charge >= 0.3 is 0 Å². The average molecular weight is 399 g/mol. The summed E-state index contributed by atoms with van der Waals surface area (Å²) < 4.78 is 0. The molecule has 0 unspecified atom stereocenters. The summed E-state index contributed by atoms with van der Waals surface area (Å²) in [6, 6.07) is 11.4. The largest absolute Gasteiger partial charge is 0.336 e. The van der Waals surface area contributed by atoms with E-state index in [1.54, 1.807) is 29.8 Å². The van der Waals surface area contributed by atoms with Crippen molar-refractivity contribution < 1.29 is 4.79 Å². The smallest absolute Gasteiger partial charge is 0.255 e. The molecular weight excluding hydrogens is 380 g/mol. The quantitative estimate of drug-likeness (QED) is 0.670. The van der Waals surface area contributed by atoms with Crippen LogP contribution in [0.1, 0.15) is 15.4 Å². The van der Waals surface area contributed by atoms with Gasteiger partial charge in [-0.25, -0.2) is 4.98 Å². The van der Waals surface area contributed by atoms with Crippen molar-refractivity contribution in [3.05, 3.63) is 69.8 Å². The molecule has 0 N–H and O–H groups in total. The molecule has 1 aliphatic rings. The molecule has 138 valence electrons. The number of nitrogens with zero attached hydrogens (tertiary/aromatic N) is 4. The van der Waals surface area contributed by atoms with Crippen LogP contribution in [0.15, 0.2) is 54.2 Å². The number of piperazine rings is 1. The van der Waals surface area contributed by atoms with E-state index < -0.39 is 0 Å². The van der Waals surface area contributed by atoms with Crippen LogP contribution in [0.2, 0.25) is 5.02 Å². The third-order valence-corrected chi connectivity index (χ3v) is 5.70. The normalized spacial score (nSPS) is 15.1. The summed E-state index contributed by atoms with van der Waals surface area (Å²) in [5, 5.41) is 3.90. The first-order chi connectivity index (χ1) is 13.2. The van der Waals surface area contributed by atoms with E-state index in [1.807, 2.05) is 35.2 Å². The Morgan fingerprint density at radius 1 is 1.11 bits per heavy atom. The summed E-state index contributed by atoms with van der Waals surface area (Å²) in [7, 11) is 0. The lowest BCUT2D eigenvalue weighted by Crippen LogP contribution is -2.48. The zero-order valence-corrected chi connectivity index (χ0v) is 16.3. The lowest BCUT2D eigenvalue weighted by atomic mass is 10.2. The Morgan fingerprint density at radius 2 is 1.89 bits per heavy atom. The Labute approximate surface area is 167 Å². The Morgan fingerprint density at radius 3 is 2.59 bits per heavy atom. The van der Waals surface area contributed by atoms with Gasteiger partial charge in [0.05, 0.1) is 17.8 Å². The molecule has 2 aromatic heterocycles. The fourth-order valence-electron chi connectivity index (χ4n) is 3.11. The van der Waals surface area contributed by atoms with Crippen molar-refractivity contribution in [2.45, 2.75) is 6.54 Å². The first-order valence-corrected chi connectivity index (χ1v) is 10.1. The minimum Gasteiger partial charge on any atom is -0.336 e. The van der Waals surface area contributed by atoms with Crippen LogP contribution in [0.25, 0.3) is 11.3 Å². The van der Waals surface area contributed by atoms with Crippen LogP contribution in [-0.2, 0) is 6.54 Å². The van der Waals surface area contributed by atoms with E-state index in [2.05, 4.69) is 15.3 Å². The average Bonchev–Trinajstić information content (AvgIpc) is 3.18. The van der Waals surface area contributed by atoms with Gasteiger partial charge in [0.2, 0.25) is 0 Å². The molecule has 1 aromatic carbocycles. The van der Waals surface area contributed by atoms with Gasteiger partial charge in [0.1, 0.15) is 5.01 Å². The van der Waals surface area contributed by atoms with Gasteiger partial charge in [-0.05, 0) is 24.3 Å². The number of hydrogen-bond acceptors (Lipinski definition) is 5. The van der Waals surface area contributed by atoms with Crippen LogP contribution in [0.3, 0.4) is 0 Å². The molecular formula is C20H19ClN4OS. The molecule has 1 amide bonds. The summed E-state index contributed by atoms with van der Waals surface area (Å²) in [6.45, 7) is 3.96. The fraction of sp³-hybridized carbons (Fsp3) is 0.250. The second-order valence-corrected chi connectivity index (χ2v) is 7.82. The number of pyridine rings is 1. The van der Waals surface area contributed by atoms with Crippen LogP contribution < -0.4 is 0 Å². The number of halogens is 1. The number of carbonyl (C=O) groups excluding carboxylic acids is 1. The van der Waals surface area contributed by atoms with Crippen molar-refractivity contribution in [3.63, 3.8) is 0 Å². The maximum Gasteiger partial charge on any atom is 0.255 e. The third kappa shape index (κ3) is 4.35. The van der Waals surface area contributed by atoms with E-state index in [1.165, 1.54) is 0 Å². The van der Waals surface area contributed by atoms with Gasteiger partial charge in [0.15, 0.2) is 0 Å². The topological polar surface area (TPSA) is 49.3 Å². The van der Waals surface area contributed by atoms with Crippen LogP contribution in [-0.4, -0.2) is 51.9 Å². The molecule has 0 saturated carbocycles. The lowest BCUT2D eigenvalue weighted by molar-refractivity contribution is 0.0628. The Balaban J connectivity index is 1.33. The zero-order chi connectivity index (χ0) is 18.6. The van der Waals surface area contributed by atoms with E-state index in [9.17, 15) is 4.79 Å². The molecule has 0 bridgehead atoms. The summed E-state index contributed by atoms with van der Waals surface area (Å²) in [5.41, 5.74) is 2.71. The van der Waals surface area contributed by atoms with Gasteiger partial charge < -0.3 is 4.90 Å². The molecule has 0 atom stereocenters. The zero-order valence-electron chi connectivity index (χ0n) is 14.7. The standard InChI is InChI=1S/C20H19ClN4OS/c21-17-5-3-15(4-6-17)18-14-27-19(23-18)13-24-8-10-25(11-9-24)20(26)16-2-1-7-22-12-16/h1-7,12,14H,8-11,13H2. The third-order valence-electron chi connectivity index (χ3n) is 4.62. The van der Waals surface area contributed by atoms with Crippen LogP contribution in [0.4, 0.5) is 0 Å². The van der Waals surface area contributed by atoms with Crippen molar-refractivity contribution >= 4 is 28.8 Å². The van der Waals surface area contributed by atoms with Crippen LogP contribution in [0, 0.1) is 0 Å². The molecule has 0 spiro atoms. The number of aromatic nitrogens is 2. The number of thiazole rings is 1. The summed E-state index contributed by atoms with van der Waals surface area (Å²) in [4.78, 5) is 25.5. The van der Waals surface area contributed by atoms with Crippen molar-refractivity contribution in [2.24, 2.45) is 0 Å². The minimum atomic E-state index is 0.0574. The first-order valence-electron chi connectivity index (χ1n) is 8.81. The van der Waals surface area contributed by atoms with Crippen molar-refractivity contribution in [2.75, 3.05) is 26.2 Å². The van der Waals surface area contributed by atoms with Gasteiger partial charge in [0.25, 0.3) is 5.91 Å². The Hall–Kier alpha value is -2.28. The van der Waals surface area contributed by atoms with Crippen molar-refractivity contribution in [3.8, 4) is 11.3 Å². The molecule has 1 aliphatic heterocycles. The fourth-order valence-corrected chi connectivity index (χ4v) is 4.08. The van der Waals surface area contributed by atoms with E-state index in [-0.39, 0.29) is 5.91 Å². The number of benzene rings is 1. The molecule has 0 aliphatic carbocycles. The lowest BCUT2D eigenvalue weighted by Gasteiger charge is -2.34. The van der Waals surface area contributed by atoms with E-state index >= 15 is 0 Å². The second-order valence-electron chi connectivity index (χ2n) is 6.44. The van der Waals surface area contributed by atoms with Gasteiger partial charge in [-0.3, -0.25) is 14.7 Å². The Bertz CT molecular complexity index is 905. The van der Waals surface area contributed by atoms with Crippen LogP contribution in [0.5, 0.6) is 0 Å².